The number of hydrogen-bond donors (Lipinski definition) is 4. The normalized spacial score (nSPS) is 23.1. The summed E-state index contributed by atoms with van der Waals surface area (Å²) in [6.07, 6.45) is -5.19. The molecule has 0 amide bonds. The van der Waals surface area contributed by atoms with Crippen molar-refractivity contribution in [1.29, 1.82) is 0 Å². The van der Waals surface area contributed by atoms with E-state index in [9.17, 15) is 29.2 Å². The highest BCUT2D eigenvalue weighted by Crippen LogP contribution is 2.47. The van der Waals surface area contributed by atoms with Gasteiger partial charge < -0.3 is 24.2 Å². The fourth-order valence-electron chi connectivity index (χ4n) is 3.94. The van der Waals surface area contributed by atoms with E-state index in [-0.39, 0.29) is 18.3 Å². The standard InChI is InChI=1S/C25H31N4O10P/c1-14(2)12-36-24(33)15(3)28-40(35,39-18-10-6-8-16-7-4-5-9-17(16)18)37-13-19-21(31)22(32)23(38-19)29-25(34)27-20(30)11-26-29/h4-11,14-15,19,21-23,31-32H,12-13H2,1-3H3,(H,28,35)(H,27,30,34)/t15-,19+,21+,22+,23+,40?/m0/s1. The summed E-state index contributed by atoms with van der Waals surface area (Å²) in [6, 6.07) is 11.2. The number of esters is 1. The van der Waals surface area contributed by atoms with Crippen molar-refractivity contribution in [2.45, 2.75) is 51.4 Å². The number of carbonyl (C=O) groups excluding carboxylic acids is 1. The van der Waals surface area contributed by atoms with Gasteiger partial charge in [0.05, 0.1) is 13.2 Å². The van der Waals surface area contributed by atoms with Gasteiger partial charge in [-0.3, -0.25) is 19.1 Å². The Kier molecular flexibility index (Phi) is 9.19. The molecule has 1 aliphatic rings. The van der Waals surface area contributed by atoms with Gasteiger partial charge in [-0.1, -0.05) is 50.2 Å². The lowest BCUT2D eigenvalue weighted by Gasteiger charge is -2.25. The molecule has 1 fully saturated rings. The van der Waals surface area contributed by atoms with Crippen molar-refractivity contribution < 1.29 is 38.1 Å². The van der Waals surface area contributed by atoms with Gasteiger partial charge in [0.25, 0.3) is 5.56 Å². The second kappa shape index (κ2) is 12.4. The van der Waals surface area contributed by atoms with E-state index in [0.29, 0.717) is 10.1 Å². The van der Waals surface area contributed by atoms with E-state index in [4.69, 9.17) is 18.5 Å². The van der Waals surface area contributed by atoms with E-state index < -0.39 is 62.2 Å². The van der Waals surface area contributed by atoms with Crippen LogP contribution in [0.5, 0.6) is 5.75 Å². The molecule has 2 heterocycles. The molecule has 4 N–H and O–H groups in total. The number of hydrogen-bond acceptors (Lipinski definition) is 11. The van der Waals surface area contributed by atoms with Crippen LogP contribution in [-0.4, -0.2) is 68.5 Å². The highest BCUT2D eigenvalue weighted by Gasteiger charge is 2.46. The summed E-state index contributed by atoms with van der Waals surface area (Å²) in [4.78, 5) is 38.0. The maximum atomic E-state index is 14.0. The van der Waals surface area contributed by atoms with Crippen LogP contribution in [0.25, 0.3) is 10.8 Å². The molecule has 1 unspecified atom stereocenters. The van der Waals surface area contributed by atoms with Crippen LogP contribution in [0.3, 0.4) is 0 Å². The molecule has 0 spiro atoms. The predicted octanol–water partition coefficient (Wildman–Crippen LogP) is 1.09. The first-order valence-electron chi connectivity index (χ1n) is 12.5. The molecule has 1 aliphatic heterocycles. The Bertz CT molecular complexity index is 1500. The minimum Gasteiger partial charge on any atom is -0.464 e. The smallest absolute Gasteiger partial charge is 0.459 e. The highest BCUT2D eigenvalue weighted by molar-refractivity contribution is 7.52. The van der Waals surface area contributed by atoms with Crippen LogP contribution < -0.4 is 20.9 Å². The average Bonchev–Trinajstić information content (AvgIpc) is 3.19. The van der Waals surface area contributed by atoms with Crippen LogP contribution in [0.4, 0.5) is 0 Å². The molecule has 1 aromatic heterocycles. The summed E-state index contributed by atoms with van der Waals surface area (Å²) in [5.41, 5.74) is -1.72. The first-order chi connectivity index (χ1) is 19.0. The Morgan fingerprint density at radius 2 is 1.88 bits per heavy atom. The first kappa shape index (κ1) is 29.6. The lowest BCUT2D eigenvalue weighted by atomic mass is 10.1. The summed E-state index contributed by atoms with van der Waals surface area (Å²) >= 11 is 0. The molecule has 6 atom stereocenters. The topological polar surface area (TPSA) is 191 Å². The molecule has 0 bridgehead atoms. The summed E-state index contributed by atoms with van der Waals surface area (Å²) in [6.45, 7) is 4.73. The van der Waals surface area contributed by atoms with Gasteiger partial charge in [0.1, 0.15) is 36.3 Å². The van der Waals surface area contributed by atoms with Crippen molar-refractivity contribution in [3.8, 4) is 5.75 Å². The molecular formula is C25H31N4O10P. The molecule has 40 heavy (non-hydrogen) atoms. The maximum Gasteiger partial charge on any atom is 0.459 e. The molecule has 4 rings (SSSR count). The summed E-state index contributed by atoms with van der Waals surface area (Å²) in [5.74, 6) is -0.405. The first-order valence-corrected chi connectivity index (χ1v) is 14.1. The molecule has 14 nitrogen and oxygen atoms in total. The van der Waals surface area contributed by atoms with Gasteiger partial charge in [-0.05, 0) is 24.3 Å². The number of benzene rings is 2. The monoisotopic (exact) mass is 578 g/mol. The number of fused-ring (bicyclic) bond motifs is 1. The SMILES string of the molecule is CC(C)COC(=O)[C@H](C)NP(=O)(OC[C@H]1O[C@@H](n2ncc(=O)[nH]c2=O)[C@H](O)[C@@H]1O)Oc1cccc2ccccc12. The van der Waals surface area contributed by atoms with Crippen molar-refractivity contribution >= 4 is 24.5 Å². The van der Waals surface area contributed by atoms with Gasteiger partial charge >= 0.3 is 19.4 Å². The van der Waals surface area contributed by atoms with Crippen molar-refractivity contribution in [3.63, 3.8) is 0 Å². The predicted molar refractivity (Wildman–Crippen MR) is 142 cm³/mol. The van der Waals surface area contributed by atoms with Gasteiger partial charge in [-0.25, -0.2) is 9.36 Å². The zero-order chi connectivity index (χ0) is 29.0. The van der Waals surface area contributed by atoms with Gasteiger partial charge in [-0.2, -0.15) is 14.9 Å². The van der Waals surface area contributed by atoms with E-state index in [1.54, 1.807) is 24.3 Å². The number of aliphatic hydroxyl groups is 2. The van der Waals surface area contributed by atoms with Gasteiger partial charge in [0.15, 0.2) is 6.23 Å². The molecule has 3 aromatic rings. The van der Waals surface area contributed by atoms with E-state index in [2.05, 4.69) is 10.2 Å². The number of ether oxygens (including phenoxy) is 2. The maximum absolute atomic E-state index is 14.0. The summed E-state index contributed by atoms with van der Waals surface area (Å²) in [5, 5.41) is 28.7. The number of H-pyrrole nitrogens is 1. The van der Waals surface area contributed by atoms with E-state index in [1.165, 1.54) is 6.92 Å². The molecule has 1 saturated heterocycles. The molecule has 15 heteroatoms. The lowest BCUT2D eigenvalue weighted by Crippen LogP contribution is -2.39. The van der Waals surface area contributed by atoms with Crippen molar-refractivity contribution in [2.24, 2.45) is 5.92 Å². The Morgan fingerprint density at radius 1 is 1.15 bits per heavy atom. The summed E-state index contributed by atoms with van der Waals surface area (Å²) < 4.78 is 36.9. The molecule has 2 aromatic carbocycles. The Morgan fingerprint density at radius 3 is 2.60 bits per heavy atom. The Hall–Kier alpha value is -3.39. The average molecular weight is 579 g/mol. The lowest BCUT2D eigenvalue weighted by molar-refractivity contribution is -0.146. The Balaban J connectivity index is 1.55. The number of nitrogens with one attached hydrogen (secondary N) is 2. The molecule has 216 valence electrons. The number of aliphatic hydroxyl groups excluding tert-OH is 2. The zero-order valence-corrected chi connectivity index (χ0v) is 22.9. The van der Waals surface area contributed by atoms with Crippen molar-refractivity contribution in [3.05, 3.63) is 69.5 Å². The van der Waals surface area contributed by atoms with E-state index in [1.807, 2.05) is 37.0 Å². The zero-order valence-electron chi connectivity index (χ0n) is 22.0. The number of carbonyl (C=O) groups is 1. The second-order valence-electron chi connectivity index (χ2n) is 9.67. The largest absolute Gasteiger partial charge is 0.464 e. The van der Waals surface area contributed by atoms with Crippen LogP contribution in [0.2, 0.25) is 0 Å². The second-order valence-corrected chi connectivity index (χ2v) is 11.4. The van der Waals surface area contributed by atoms with Crippen molar-refractivity contribution in [1.82, 2.24) is 19.9 Å². The van der Waals surface area contributed by atoms with Crippen LogP contribution >= 0.6 is 7.75 Å². The van der Waals surface area contributed by atoms with Gasteiger partial charge in [-0.15, -0.1) is 0 Å². The van der Waals surface area contributed by atoms with E-state index in [0.717, 1.165) is 11.6 Å². The minimum absolute atomic E-state index is 0.0796. The van der Waals surface area contributed by atoms with Gasteiger partial charge in [0.2, 0.25) is 0 Å². The fraction of sp³-hybridized carbons (Fsp3) is 0.440. The van der Waals surface area contributed by atoms with Crippen molar-refractivity contribution in [2.75, 3.05) is 13.2 Å². The molecular weight excluding hydrogens is 547 g/mol. The third kappa shape index (κ3) is 6.84. The summed E-state index contributed by atoms with van der Waals surface area (Å²) in [7, 11) is -4.36. The third-order valence-corrected chi connectivity index (χ3v) is 7.59. The molecule has 0 saturated carbocycles. The highest BCUT2D eigenvalue weighted by atomic mass is 31.2. The number of nitrogens with zero attached hydrogens (tertiary/aromatic N) is 2. The fourth-order valence-corrected chi connectivity index (χ4v) is 5.46. The van der Waals surface area contributed by atoms with Crippen LogP contribution in [0.15, 0.2) is 58.3 Å². The van der Waals surface area contributed by atoms with Crippen LogP contribution in [0, 0.1) is 5.92 Å². The number of rotatable bonds is 11. The third-order valence-electron chi connectivity index (χ3n) is 5.96. The van der Waals surface area contributed by atoms with Crippen LogP contribution in [0.1, 0.15) is 27.0 Å². The minimum atomic E-state index is -4.36. The van der Waals surface area contributed by atoms with Gasteiger partial charge in [0, 0.05) is 5.39 Å². The molecule has 0 aliphatic carbocycles. The quantitative estimate of drug-likeness (QED) is 0.187. The number of aromatic amines is 1. The Labute approximate surface area is 228 Å². The molecule has 0 radical (unpaired) electrons. The number of aromatic nitrogens is 3. The van der Waals surface area contributed by atoms with Crippen LogP contribution in [-0.2, 0) is 23.4 Å². The van der Waals surface area contributed by atoms with E-state index >= 15 is 0 Å².